The third-order valence-corrected chi connectivity index (χ3v) is 7.01. The first kappa shape index (κ1) is 22.9. The first-order valence-electron chi connectivity index (χ1n) is 8.46. The highest BCUT2D eigenvalue weighted by Crippen LogP contribution is 2.34. The maximum atomic E-state index is 13.2. The molecule has 2 N–H and O–H groups in total. The van der Waals surface area contributed by atoms with Crippen molar-refractivity contribution in [1.29, 1.82) is 0 Å². The van der Waals surface area contributed by atoms with Gasteiger partial charge in [-0.3, -0.25) is 9.44 Å². The SMILES string of the molecule is O=S(=O)(Nc1cccc(Cl)c1)c1cccc(NS(=O)(=O)c2ccccc2C(F)(F)F)c1. The molecule has 0 saturated heterocycles. The summed E-state index contributed by atoms with van der Waals surface area (Å²) in [5, 5.41) is 0.296. The van der Waals surface area contributed by atoms with Crippen molar-refractivity contribution in [1.82, 2.24) is 0 Å². The van der Waals surface area contributed by atoms with Crippen molar-refractivity contribution in [2.75, 3.05) is 9.44 Å². The fourth-order valence-electron chi connectivity index (χ4n) is 2.64. The van der Waals surface area contributed by atoms with Gasteiger partial charge in [-0.25, -0.2) is 16.8 Å². The van der Waals surface area contributed by atoms with Crippen LogP contribution in [0.3, 0.4) is 0 Å². The molecule has 3 aromatic carbocycles. The predicted molar refractivity (Wildman–Crippen MR) is 111 cm³/mol. The highest BCUT2D eigenvalue weighted by Gasteiger charge is 2.37. The molecule has 0 aliphatic heterocycles. The van der Waals surface area contributed by atoms with Crippen molar-refractivity contribution < 1.29 is 30.0 Å². The Morgan fingerprint density at radius 3 is 1.94 bits per heavy atom. The summed E-state index contributed by atoms with van der Waals surface area (Å²) in [6.07, 6.45) is -4.89. The average Bonchev–Trinajstić information content (AvgIpc) is 2.67. The number of alkyl halides is 3. The van der Waals surface area contributed by atoms with Crippen LogP contribution in [0, 0.1) is 0 Å². The molecule has 0 bridgehead atoms. The summed E-state index contributed by atoms with van der Waals surface area (Å²) in [6.45, 7) is 0. The van der Waals surface area contributed by atoms with Crippen LogP contribution in [-0.2, 0) is 26.2 Å². The Bertz CT molecular complexity index is 1330. The largest absolute Gasteiger partial charge is 0.417 e. The van der Waals surface area contributed by atoms with Gasteiger partial charge in [0, 0.05) is 5.02 Å². The van der Waals surface area contributed by atoms with E-state index in [0.29, 0.717) is 11.1 Å². The lowest BCUT2D eigenvalue weighted by Crippen LogP contribution is -2.19. The standard InChI is InChI=1S/C19H14ClF3N2O4S2/c20-13-5-3-6-14(11-13)24-30(26,27)16-8-4-7-15(12-16)25-31(28,29)18-10-2-1-9-17(18)19(21,22)23/h1-12,24-25H. The van der Waals surface area contributed by atoms with Gasteiger partial charge in [-0.1, -0.05) is 35.9 Å². The van der Waals surface area contributed by atoms with Crippen LogP contribution in [0.2, 0.25) is 5.02 Å². The Kier molecular flexibility index (Phi) is 6.21. The monoisotopic (exact) mass is 490 g/mol. The molecular formula is C19H14ClF3N2O4S2. The Balaban J connectivity index is 1.92. The summed E-state index contributed by atoms with van der Waals surface area (Å²) in [5.74, 6) is 0. The number of nitrogens with one attached hydrogen (secondary N) is 2. The molecule has 0 saturated carbocycles. The van der Waals surface area contributed by atoms with Gasteiger partial charge >= 0.3 is 6.18 Å². The van der Waals surface area contributed by atoms with Crippen molar-refractivity contribution in [2.45, 2.75) is 16.0 Å². The van der Waals surface area contributed by atoms with E-state index in [9.17, 15) is 30.0 Å². The molecule has 0 radical (unpaired) electrons. The van der Waals surface area contributed by atoms with Gasteiger partial charge in [0.15, 0.2) is 0 Å². The van der Waals surface area contributed by atoms with E-state index >= 15 is 0 Å². The minimum atomic E-state index is -4.89. The van der Waals surface area contributed by atoms with E-state index in [0.717, 1.165) is 24.3 Å². The van der Waals surface area contributed by atoms with Gasteiger partial charge in [-0.05, 0) is 48.5 Å². The second kappa shape index (κ2) is 8.40. The van der Waals surface area contributed by atoms with Gasteiger partial charge < -0.3 is 0 Å². The quantitative estimate of drug-likeness (QED) is 0.511. The molecule has 0 aliphatic carbocycles. The van der Waals surface area contributed by atoms with Crippen LogP contribution < -0.4 is 9.44 Å². The normalized spacial score (nSPS) is 12.4. The molecule has 0 aromatic heterocycles. The molecule has 0 atom stereocenters. The number of rotatable bonds is 6. The molecule has 164 valence electrons. The van der Waals surface area contributed by atoms with E-state index in [-0.39, 0.29) is 16.3 Å². The summed E-state index contributed by atoms with van der Waals surface area (Å²) in [5.41, 5.74) is -1.39. The first-order chi connectivity index (χ1) is 14.4. The van der Waals surface area contributed by atoms with E-state index in [1.807, 2.05) is 4.72 Å². The molecule has 6 nitrogen and oxygen atoms in total. The summed E-state index contributed by atoms with van der Waals surface area (Å²) in [6, 6.07) is 14.2. The van der Waals surface area contributed by atoms with Crippen LogP contribution in [0.5, 0.6) is 0 Å². The molecular weight excluding hydrogens is 477 g/mol. The lowest BCUT2D eigenvalue weighted by atomic mass is 10.2. The van der Waals surface area contributed by atoms with Crippen molar-refractivity contribution in [3.63, 3.8) is 0 Å². The smallest absolute Gasteiger partial charge is 0.280 e. The van der Waals surface area contributed by atoms with Crippen LogP contribution >= 0.6 is 11.6 Å². The second-order valence-corrected chi connectivity index (χ2v) is 10.0. The van der Waals surface area contributed by atoms with Gasteiger partial charge in [0.05, 0.1) is 26.7 Å². The Morgan fingerprint density at radius 1 is 0.710 bits per heavy atom. The second-order valence-electron chi connectivity index (χ2n) is 6.24. The van der Waals surface area contributed by atoms with Gasteiger partial charge in [-0.2, -0.15) is 13.2 Å². The van der Waals surface area contributed by atoms with Crippen molar-refractivity contribution in [3.8, 4) is 0 Å². The molecule has 12 heteroatoms. The lowest BCUT2D eigenvalue weighted by Gasteiger charge is -2.15. The highest BCUT2D eigenvalue weighted by molar-refractivity contribution is 7.93. The van der Waals surface area contributed by atoms with Gasteiger partial charge in [0.1, 0.15) is 0 Å². The van der Waals surface area contributed by atoms with Crippen molar-refractivity contribution >= 4 is 43.0 Å². The van der Waals surface area contributed by atoms with Crippen LogP contribution in [0.4, 0.5) is 24.5 Å². The third-order valence-electron chi connectivity index (χ3n) is 3.96. The molecule has 0 unspecified atom stereocenters. The summed E-state index contributed by atoms with van der Waals surface area (Å²) in [7, 11) is -8.78. The Hall–Kier alpha value is -2.76. The number of anilines is 2. The molecule has 0 heterocycles. The van der Waals surface area contributed by atoms with Crippen LogP contribution in [0.25, 0.3) is 0 Å². The summed E-state index contributed by atoms with van der Waals surface area (Å²) >= 11 is 5.83. The number of halogens is 4. The van der Waals surface area contributed by atoms with Gasteiger partial charge in [0.25, 0.3) is 20.0 Å². The minimum Gasteiger partial charge on any atom is -0.280 e. The van der Waals surface area contributed by atoms with Crippen molar-refractivity contribution in [3.05, 3.63) is 83.4 Å². The third kappa shape index (κ3) is 5.49. The number of hydrogen-bond donors (Lipinski definition) is 2. The van der Waals surface area contributed by atoms with E-state index in [2.05, 4.69) is 4.72 Å². The Labute approximate surface area is 181 Å². The zero-order chi connectivity index (χ0) is 22.9. The average molecular weight is 491 g/mol. The van der Waals surface area contributed by atoms with Gasteiger partial charge in [0.2, 0.25) is 0 Å². The van der Waals surface area contributed by atoms with E-state index in [4.69, 9.17) is 11.6 Å². The predicted octanol–water partition coefficient (Wildman–Crippen LogP) is 4.96. The molecule has 0 spiro atoms. The van der Waals surface area contributed by atoms with Crippen LogP contribution in [-0.4, -0.2) is 16.8 Å². The highest BCUT2D eigenvalue weighted by atomic mass is 35.5. The Morgan fingerprint density at radius 2 is 1.29 bits per heavy atom. The zero-order valence-corrected chi connectivity index (χ0v) is 17.8. The fraction of sp³-hybridized carbons (Fsp3) is 0.0526. The molecule has 3 rings (SSSR count). The summed E-state index contributed by atoms with van der Waals surface area (Å²) in [4.78, 5) is -1.29. The van der Waals surface area contributed by atoms with Crippen LogP contribution in [0.15, 0.2) is 82.6 Å². The molecule has 0 amide bonds. The lowest BCUT2D eigenvalue weighted by molar-refractivity contribution is -0.139. The fourth-order valence-corrected chi connectivity index (χ4v) is 5.20. The minimum absolute atomic E-state index is 0.178. The van der Waals surface area contributed by atoms with Crippen LogP contribution in [0.1, 0.15) is 5.56 Å². The molecule has 0 aliphatic rings. The van der Waals surface area contributed by atoms with E-state index in [1.165, 1.54) is 36.4 Å². The van der Waals surface area contributed by atoms with E-state index in [1.54, 1.807) is 6.07 Å². The molecule has 0 fully saturated rings. The first-order valence-corrected chi connectivity index (χ1v) is 11.8. The number of hydrogen-bond acceptors (Lipinski definition) is 4. The topological polar surface area (TPSA) is 92.3 Å². The maximum Gasteiger partial charge on any atom is 0.417 e. The number of sulfonamides is 2. The van der Waals surface area contributed by atoms with Gasteiger partial charge in [-0.15, -0.1) is 0 Å². The van der Waals surface area contributed by atoms with Crippen molar-refractivity contribution in [2.24, 2.45) is 0 Å². The molecule has 31 heavy (non-hydrogen) atoms. The number of benzene rings is 3. The van der Waals surface area contributed by atoms with E-state index < -0.39 is 36.7 Å². The summed E-state index contributed by atoms with van der Waals surface area (Å²) < 4.78 is 94.2. The maximum absolute atomic E-state index is 13.2. The molecule has 3 aromatic rings. The zero-order valence-electron chi connectivity index (χ0n) is 15.4.